The third-order valence-electron chi connectivity index (χ3n) is 4.41. The topological polar surface area (TPSA) is 58.4 Å². The minimum Gasteiger partial charge on any atom is -0.443 e. The van der Waals surface area contributed by atoms with Crippen LogP contribution in [0.15, 0.2) is 4.42 Å². The molecule has 0 spiro atoms. The van der Waals surface area contributed by atoms with E-state index in [0.717, 1.165) is 36.7 Å². The Morgan fingerprint density at radius 1 is 1.52 bits per heavy atom. The average Bonchev–Trinajstić information content (AvgIpc) is 2.81. The van der Waals surface area contributed by atoms with Gasteiger partial charge in [-0.2, -0.15) is 0 Å². The molecule has 2 rings (SSSR count). The molecule has 1 aliphatic rings. The fourth-order valence-electron chi connectivity index (χ4n) is 2.70. The van der Waals surface area contributed by atoms with Crippen LogP contribution < -0.4 is 5.32 Å². The molecule has 0 unspecified atom stereocenters. The molecule has 1 aliphatic heterocycles. The van der Waals surface area contributed by atoms with E-state index >= 15 is 0 Å². The van der Waals surface area contributed by atoms with Gasteiger partial charge in [-0.05, 0) is 40.3 Å². The molecule has 2 heterocycles. The molecule has 1 amide bonds. The number of amides is 1. The fourth-order valence-corrected chi connectivity index (χ4v) is 2.70. The molecule has 1 aromatic rings. The second kappa shape index (κ2) is 6.60. The lowest BCUT2D eigenvalue weighted by Crippen LogP contribution is -2.43. The number of carbonyl (C=O) groups is 1. The number of rotatable bonds is 4. The van der Waals surface area contributed by atoms with Crippen LogP contribution in [0, 0.1) is 12.8 Å². The molecule has 0 radical (unpaired) electrons. The van der Waals surface area contributed by atoms with Gasteiger partial charge in [0.05, 0.1) is 12.2 Å². The van der Waals surface area contributed by atoms with E-state index in [4.69, 9.17) is 4.42 Å². The van der Waals surface area contributed by atoms with E-state index in [1.54, 1.807) is 0 Å². The Morgan fingerprint density at radius 3 is 2.81 bits per heavy atom. The number of nitrogens with zero attached hydrogens (tertiary/aromatic N) is 2. The number of hydrogen-bond donors (Lipinski definition) is 1. The Balaban J connectivity index is 1.89. The average molecular weight is 293 g/mol. The summed E-state index contributed by atoms with van der Waals surface area (Å²) in [5.41, 5.74) is 0.871. The van der Waals surface area contributed by atoms with Gasteiger partial charge in [-0.25, -0.2) is 4.98 Å². The van der Waals surface area contributed by atoms with Crippen molar-refractivity contribution in [1.29, 1.82) is 0 Å². The van der Waals surface area contributed by atoms with Crippen molar-refractivity contribution in [2.45, 2.75) is 59.0 Å². The lowest BCUT2D eigenvalue weighted by Gasteiger charge is -2.34. The molecule has 0 aromatic carbocycles. The molecule has 0 bridgehead atoms. The maximum Gasteiger partial charge on any atom is 0.223 e. The summed E-state index contributed by atoms with van der Waals surface area (Å²) in [6.07, 6.45) is 1.86. The summed E-state index contributed by atoms with van der Waals surface area (Å²) in [5, 5.41) is 3.01. The summed E-state index contributed by atoms with van der Waals surface area (Å²) in [4.78, 5) is 19.0. The number of aromatic nitrogens is 1. The van der Waals surface area contributed by atoms with Crippen LogP contribution in [0.2, 0.25) is 0 Å². The predicted molar refractivity (Wildman–Crippen MR) is 82.0 cm³/mol. The Morgan fingerprint density at radius 2 is 2.24 bits per heavy atom. The Bertz CT molecular complexity index is 496. The summed E-state index contributed by atoms with van der Waals surface area (Å²) in [6.45, 7) is 9.62. The van der Waals surface area contributed by atoms with E-state index in [1.165, 1.54) is 0 Å². The van der Waals surface area contributed by atoms with Crippen molar-refractivity contribution in [3.63, 3.8) is 0 Å². The van der Waals surface area contributed by atoms with Crippen LogP contribution in [0.1, 0.15) is 56.9 Å². The van der Waals surface area contributed by atoms with Crippen molar-refractivity contribution < 1.29 is 9.21 Å². The van der Waals surface area contributed by atoms with Crippen molar-refractivity contribution in [1.82, 2.24) is 15.2 Å². The number of aryl methyl sites for hydroxylation is 1. The van der Waals surface area contributed by atoms with Crippen molar-refractivity contribution >= 4 is 5.91 Å². The van der Waals surface area contributed by atoms with Gasteiger partial charge in [0.15, 0.2) is 5.89 Å². The first-order valence-corrected chi connectivity index (χ1v) is 7.82. The quantitative estimate of drug-likeness (QED) is 0.926. The van der Waals surface area contributed by atoms with E-state index in [1.807, 2.05) is 20.8 Å². The Labute approximate surface area is 127 Å². The zero-order valence-electron chi connectivity index (χ0n) is 13.8. The summed E-state index contributed by atoms with van der Waals surface area (Å²) >= 11 is 0. The van der Waals surface area contributed by atoms with E-state index in [2.05, 4.69) is 29.2 Å². The zero-order chi connectivity index (χ0) is 15.6. The minimum atomic E-state index is 0.115. The first kappa shape index (κ1) is 16.0. The number of piperidine rings is 1. The van der Waals surface area contributed by atoms with Crippen molar-refractivity contribution in [3.8, 4) is 0 Å². The molecule has 1 fully saturated rings. The van der Waals surface area contributed by atoms with E-state index < -0.39 is 0 Å². The molecule has 21 heavy (non-hydrogen) atoms. The van der Waals surface area contributed by atoms with Crippen LogP contribution in [0.5, 0.6) is 0 Å². The maximum absolute atomic E-state index is 12.3. The molecule has 0 aliphatic carbocycles. The highest BCUT2D eigenvalue weighted by Gasteiger charge is 2.28. The maximum atomic E-state index is 12.3. The van der Waals surface area contributed by atoms with Crippen LogP contribution >= 0.6 is 0 Å². The SMILES string of the molecule is Cc1nc(C(C)C)oc1CNC(=O)[C@H]1CCN(C)[C@@H](C)C1. The summed E-state index contributed by atoms with van der Waals surface area (Å²) < 4.78 is 5.72. The normalized spacial score (nSPS) is 23.5. The third kappa shape index (κ3) is 3.84. The van der Waals surface area contributed by atoms with Gasteiger partial charge in [-0.15, -0.1) is 0 Å². The first-order valence-electron chi connectivity index (χ1n) is 7.82. The van der Waals surface area contributed by atoms with Gasteiger partial charge in [-0.3, -0.25) is 4.79 Å². The van der Waals surface area contributed by atoms with Crippen LogP contribution in [0.4, 0.5) is 0 Å². The number of carbonyl (C=O) groups excluding carboxylic acids is 1. The van der Waals surface area contributed by atoms with Gasteiger partial charge in [0.1, 0.15) is 5.76 Å². The van der Waals surface area contributed by atoms with Gasteiger partial charge in [0.2, 0.25) is 5.91 Å². The summed E-state index contributed by atoms with van der Waals surface area (Å²) in [6, 6.07) is 0.467. The molecule has 1 saturated heterocycles. The third-order valence-corrected chi connectivity index (χ3v) is 4.41. The zero-order valence-corrected chi connectivity index (χ0v) is 13.8. The Hall–Kier alpha value is -1.36. The summed E-state index contributed by atoms with van der Waals surface area (Å²) in [5.74, 6) is 2.03. The highest BCUT2D eigenvalue weighted by molar-refractivity contribution is 5.78. The van der Waals surface area contributed by atoms with Crippen LogP contribution in [-0.2, 0) is 11.3 Å². The standard InChI is InChI=1S/C16H27N3O2/c1-10(2)16-18-12(4)14(21-16)9-17-15(20)13-6-7-19(5)11(3)8-13/h10-11,13H,6-9H2,1-5H3,(H,17,20)/t11-,13-/m0/s1. The lowest BCUT2D eigenvalue weighted by atomic mass is 9.91. The highest BCUT2D eigenvalue weighted by Crippen LogP contribution is 2.22. The minimum absolute atomic E-state index is 0.115. The fraction of sp³-hybridized carbons (Fsp3) is 0.750. The van der Waals surface area contributed by atoms with Crippen molar-refractivity contribution in [2.24, 2.45) is 5.92 Å². The van der Waals surface area contributed by atoms with Crippen LogP contribution in [0.25, 0.3) is 0 Å². The van der Waals surface area contributed by atoms with Gasteiger partial charge in [0, 0.05) is 17.9 Å². The van der Waals surface area contributed by atoms with Crippen molar-refractivity contribution in [2.75, 3.05) is 13.6 Å². The summed E-state index contributed by atoms with van der Waals surface area (Å²) in [7, 11) is 2.12. The predicted octanol–water partition coefficient (Wildman–Crippen LogP) is 2.45. The molecular formula is C16H27N3O2. The van der Waals surface area contributed by atoms with Crippen LogP contribution in [-0.4, -0.2) is 35.4 Å². The monoisotopic (exact) mass is 293 g/mol. The number of likely N-dealkylation sites (tertiary alicyclic amines) is 1. The Kier molecular flexibility index (Phi) is 5.04. The van der Waals surface area contributed by atoms with Gasteiger partial charge in [-0.1, -0.05) is 13.8 Å². The first-order chi connectivity index (χ1) is 9.88. The van der Waals surface area contributed by atoms with Gasteiger partial charge >= 0.3 is 0 Å². The molecule has 1 N–H and O–H groups in total. The molecule has 5 heteroatoms. The van der Waals surface area contributed by atoms with E-state index in [9.17, 15) is 4.79 Å². The lowest BCUT2D eigenvalue weighted by molar-refractivity contribution is -0.127. The smallest absolute Gasteiger partial charge is 0.223 e. The molecule has 1 aromatic heterocycles. The van der Waals surface area contributed by atoms with Crippen molar-refractivity contribution in [3.05, 3.63) is 17.3 Å². The number of nitrogens with one attached hydrogen (secondary N) is 1. The molecule has 0 saturated carbocycles. The largest absolute Gasteiger partial charge is 0.443 e. The van der Waals surface area contributed by atoms with E-state index in [0.29, 0.717) is 12.6 Å². The highest BCUT2D eigenvalue weighted by atomic mass is 16.4. The molecule has 2 atom stereocenters. The molecule has 5 nitrogen and oxygen atoms in total. The van der Waals surface area contributed by atoms with E-state index in [-0.39, 0.29) is 17.7 Å². The van der Waals surface area contributed by atoms with Gasteiger partial charge in [0.25, 0.3) is 0 Å². The number of hydrogen-bond acceptors (Lipinski definition) is 4. The second-order valence-corrected chi connectivity index (χ2v) is 6.48. The molecule has 118 valence electrons. The molecular weight excluding hydrogens is 266 g/mol. The second-order valence-electron chi connectivity index (χ2n) is 6.48. The van der Waals surface area contributed by atoms with Crippen LogP contribution in [0.3, 0.4) is 0 Å². The number of oxazole rings is 1. The van der Waals surface area contributed by atoms with Gasteiger partial charge < -0.3 is 14.6 Å².